The highest BCUT2D eigenvalue weighted by molar-refractivity contribution is 7.89. The van der Waals surface area contributed by atoms with Gasteiger partial charge in [-0.05, 0) is 30.7 Å². The minimum Gasteiger partial charge on any atom is -0.199 e. The van der Waals surface area contributed by atoms with Gasteiger partial charge in [-0.25, -0.2) is 0 Å². The van der Waals surface area contributed by atoms with Crippen LogP contribution in [-0.4, -0.2) is 17.6 Å². The summed E-state index contributed by atoms with van der Waals surface area (Å²) < 4.78 is 26.1. The predicted molar refractivity (Wildman–Crippen MR) is 85.2 cm³/mol. The Hall–Kier alpha value is -2.40. The lowest BCUT2D eigenvalue weighted by Crippen LogP contribution is -2.14. The Morgan fingerprint density at radius 1 is 0.955 bits per heavy atom. The minimum absolute atomic E-state index is 0.243. The first-order chi connectivity index (χ1) is 10.6. The molecule has 0 aliphatic carbocycles. The molecule has 0 aliphatic heterocycles. The first kappa shape index (κ1) is 14.5. The van der Waals surface area contributed by atoms with Gasteiger partial charge in [0.2, 0.25) is 0 Å². The molecule has 0 atom stereocenters. The van der Waals surface area contributed by atoms with E-state index in [1.165, 1.54) is 6.20 Å². The van der Waals surface area contributed by atoms with Crippen LogP contribution in [0.1, 0.15) is 16.8 Å². The van der Waals surface area contributed by atoms with Crippen LogP contribution in [0.3, 0.4) is 0 Å². The fourth-order valence-electron chi connectivity index (χ4n) is 2.19. The van der Waals surface area contributed by atoms with E-state index in [2.05, 4.69) is 5.10 Å². The largest absolute Gasteiger partial charge is 0.282 e. The maximum absolute atomic E-state index is 12.5. The van der Waals surface area contributed by atoms with E-state index in [1.807, 2.05) is 37.3 Å². The zero-order chi connectivity index (χ0) is 15.6. The molecule has 1 heterocycles. The highest BCUT2D eigenvalue weighted by atomic mass is 32.2. The fourth-order valence-corrected chi connectivity index (χ4v) is 3.32. The zero-order valence-corrected chi connectivity index (χ0v) is 13.0. The summed E-state index contributed by atoms with van der Waals surface area (Å²) >= 11 is 0. The van der Waals surface area contributed by atoms with Crippen molar-refractivity contribution in [2.24, 2.45) is 0 Å². The van der Waals surface area contributed by atoms with E-state index in [0.717, 1.165) is 20.9 Å². The maximum Gasteiger partial charge on any atom is 0.282 e. The second-order valence-corrected chi connectivity index (χ2v) is 6.96. The Bertz CT molecular complexity index is 867. The molecule has 0 fully saturated rings. The average Bonchev–Trinajstić information content (AvgIpc) is 2.98. The van der Waals surface area contributed by atoms with Crippen molar-refractivity contribution >= 4 is 10.0 Å². The fraction of sp³-hybridized carbons (Fsp3) is 0.118. The van der Waals surface area contributed by atoms with Crippen molar-refractivity contribution in [3.8, 4) is 0 Å². The SMILES string of the molecule is Cc1ccc(S(=O)(=O)n2ccc(Cc3ccccc3)n2)cc1. The average molecular weight is 312 g/mol. The molecule has 2 aromatic carbocycles. The molecule has 4 nitrogen and oxygen atoms in total. The lowest BCUT2D eigenvalue weighted by molar-refractivity contribution is 0.579. The molecule has 0 saturated carbocycles. The molecule has 0 N–H and O–H groups in total. The molecule has 0 amide bonds. The molecule has 3 rings (SSSR count). The van der Waals surface area contributed by atoms with Crippen LogP contribution in [0.15, 0.2) is 71.8 Å². The molecular weight excluding hydrogens is 296 g/mol. The van der Waals surface area contributed by atoms with Gasteiger partial charge in [-0.1, -0.05) is 48.0 Å². The molecule has 112 valence electrons. The number of hydrogen-bond acceptors (Lipinski definition) is 3. The van der Waals surface area contributed by atoms with Crippen LogP contribution in [0.4, 0.5) is 0 Å². The second kappa shape index (κ2) is 5.77. The number of nitrogens with zero attached hydrogens (tertiary/aromatic N) is 2. The Balaban J connectivity index is 1.88. The summed E-state index contributed by atoms with van der Waals surface area (Å²) in [7, 11) is -3.62. The van der Waals surface area contributed by atoms with Gasteiger partial charge in [-0.2, -0.15) is 17.6 Å². The Labute approximate surface area is 130 Å². The van der Waals surface area contributed by atoms with Crippen LogP contribution in [0.25, 0.3) is 0 Å². The molecule has 0 unspecified atom stereocenters. The molecule has 5 heteroatoms. The monoisotopic (exact) mass is 312 g/mol. The summed E-state index contributed by atoms with van der Waals surface area (Å²) in [4.78, 5) is 0.243. The summed E-state index contributed by atoms with van der Waals surface area (Å²) in [5, 5.41) is 4.20. The molecule has 0 spiro atoms. The molecule has 0 aliphatic rings. The van der Waals surface area contributed by atoms with E-state index in [9.17, 15) is 8.42 Å². The number of benzene rings is 2. The highest BCUT2D eigenvalue weighted by Gasteiger charge is 2.17. The van der Waals surface area contributed by atoms with Crippen molar-refractivity contribution in [1.82, 2.24) is 9.19 Å². The van der Waals surface area contributed by atoms with Gasteiger partial charge in [-0.15, -0.1) is 0 Å². The van der Waals surface area contributed by atoms with Crippen LogP contribution in [0.2, 0.25) is 0 Å². The smallest absolute Gasteiger partial charge is 0.199 e. The molecular formula is C17H16N2O2S. The molecule has 0 radical (unpaired) electrons. The van der Waals surface area contributed by atoms with E-state index < -0.39 is 10.0 Å². The number of hydrogen-bond donors (Lipinski definition) is 0. The molecule has 1 aromatic heterocycles. The van der Waals surface area contributed by atoms with Gasteiger partial charge in [0.25, 0.3) is 10.0 Å². The number of aromatic nitrogens is 2. The van der Waals surface area contributed by atoms with Crippen LogP contribution >= 0.6 is 0 Å². The summed E-state index contributed by atoms with van der Waals surface area (Å²) in [5.41, 5.74) is 2.84. The summed E-state index contributed by atoms with van der Waals surface area (Å²) in [6.45, 7) is 1.92. The second-order valence-electron chi connectivity index (χ2n) is 5.16. The van der Waals surface area contributed by atoms with Gasteiger partial charge in [0.05, 0.1) is 10.6 Å². The predicted octanol–water partition coefficient (Wildman–Crippen LogP) is 3.02. The molecule has 22 heavy (non-hydrogen) atoms. The van der Waals surface area contributed by atoms with Crippen LogP contribution < -0.4 is 0 Å². The first-order valence-electron chi connectivity index (χ1n) is 6.96. The van der Waals surface area contributed by atoms with Gasteiger partial charge in [0.1, 0.15) is 0 Å². The van der Waals surface area contributed by atoms with Crippen molar-refractivity contribution in [1.29, 1.82) is 0 Å². The van der Waals surface area contributed by atoms with E-state index in [0.29, 0.717) is 6.42 Å². The minimum atomic E-state index is -3.62. The van der Waals surface area contributed by atoms with Gasteiger partial charge in [-0.3, -0.25) is 0 Å². The van der Waals surface area contributed by atoms with E-state index in [-0.39, 0.29) is 4.90 Å². The Morgan fingerprint density at radius 2 is 1.64 bits per heavy atom. The van der Waals surface area contributed by atoms with Crippen molar-refractivity contribution in [2.75, 3.05) is 0 Å². The summed E-state index contributed by atoms with van der Waals surface area (Å²) in [6, 6.07) is 18.3. The third kappa shape index (κ3) is 2.94. The molecule has 0 saturated heterocycles. The highest BCUT2D eigenvalue weighted by Crippen LogP contribution is 2.15. The van der Waals surface area contributed by atoms with Crippen molar-refractivity contribution in [2.45, 2.75) is 18.2 Å². The topological polar surface area (TPSA) is 52.0 Å². The van der Waals surface area contributed by atoms with Crippen molar-refractivity contribution < 1.29 is 8.42 Å². The zero-order valence-electron chi connectivity index (χ0n) is 12.2. The van der Waals surface area contributed by atoms with Crippen LogP contribution in [0.5, 0.6) is 0 Å². The van der Waals surface area contributed by atoms with E-state index in [1.54, 1.807) is 30.3 Å². The normalized spacial score (nSPS) is 11.5. The van der Waals surface area contributed by atoms with Gasteiger partial charge in [0, 0.05) is 12.6 Å². The molecule has 0 bridgehead atoms. The quantitative estimate of drug-likeness (QED) is 0.744. The van der Waals surface area contributed by atoms with Gasteiger partial charge in [0.15, 0.2) is 0 Å². The molecule has 3 aromatic rings. The Kier molecular flexibility index (Phi) is 3.81. The van der Waals surface area contributed by atoms with Crippen LogP contribution in [-0.2, 0) is 16.4 Å². The number of rotatable bonds is 4. The summed E-state index contributed by atoms with van der Waals surface area (Å²) in [6.07, 6.45) is 2.10. The van der Waals surface area contributed by atoms with Crippen LogP contribution in [0, 0.1) is 6.92 Å². The van der Waals surface area contributed by atoms with Gasteiger partial charge >= 0.3 is 0 Å². The lowest BCUT2D eigenvalue weighted by atomic mass is 10.1. The third-order valence-electron chi connectivity index (χ3n) is 3.41. The number of aryl methyl sites for hydroxylation is 1. The lowest BCUT2D eigenvalue weighted by Gasteiger charge is -2.04. The Morgan fingerprint density at radius 3 is 2.32 bits per heavy atom. The van der Waals surface area contributed by atoms with E-state index in [4.69, 9.17) is 0 Å². The van der Waals surface area contributed by atoms with Crippen molar-refractivity contribution in [3.05, 3.63) is 83.7 Å². The van der Waals surface area contributed by atoms with E-state index >= 15 is 0 Å². The standard InChI is InChI=1S/C17H16N2O2S/c1-14-7-9-17(10-8-14)22(20,21)19-12-11-16(18-19)13-15-5-3-2-4-6-15/h2-12H,13H2,1H3. The van der Waals surface area contributed by atoms with Gasteiger partial charge < -0.3 is 0 Å². The maximum atomic E-state index is 12.5. The van der Waals surface area contributed by atoms with Crippen molar-refractivity contribution in [3.63, 3.8) is 0 Å². The third-order valence-corrected chi connectivity index (χ3v) is 4.98. The summed E-state index contributed by atoms with van der Waals surface area (Å²) in [5.74, 6) is 0. The first-order valence-corrected chi connectivity index (χ1v) is 8.40.